The van der Waals surface area contributed by atoms with Crippen molar-refractivity contribution in [2.45, 2.75) is 19.8 Å². The maximum absolute atomic E-state index is 11.1. The lowest BCUT2D eigenvalue weighted by atomic mass is 10.1. The average Bonchev–Trinajstić information content (AvgIpc) is 2.29. The molecule has 1 aromatic rings. The molecule has 1 aliphatic heterocycles. The van der Waals surface area contributed by atoms with E-state index in [-0.39, 0.29) is 5.91 Å². The number of hydrazine groups is 1. The van der Waals surface area contributed by atoms with Crippen LogP contribution in [0, 0.1) is 6.92 Å². The molecule has 0 saturated carbocycles. The number of anilines is 1. The van der Waals surface area contributed by atoms with Crippen LogP contribution in [0.2, 0.25) is 0 Å². The molecule has 3 nitrogen and oxygen atoms in total. The quantitative estimate of drug-likeness (QED) is 0.627. The molecule has 2 rings (SSSR count). The fraction of sp³-hybridized carbons (Fsp3) is 0.300. The minimum absolute atomic E-state index is 0.0499. The maximum atomic E-state index is 11.1. The van der Waals surface area contributed by atoms with E-state index in [1.165, 1.54) is 11.1 Å². The molecule has 0 aliphatic carbocycles. The topological polar surface area (TPSA) is 41.1 Å². The largest absolute Gasteiger partial charge is 0.298 e. The van der Waals surface area contributed by atoms with E-state index in [9.17, 15) is 4.79 Å². The van der Waals surface area contributed by atoms with Crippen LogP contribution in [0.25, 0.3) is 0 Å². The number of hydrogen-bond acceptors (Lipinski definition) is 2. The molecule has 1 amide bonds. The molecular weight excluding hydrogens is 164 g/mol. The fourth-order valence-corrected chi connectivity index (χ4v) is 1.50. The molecule has 0 spiro atoms. The van der Waals surface area contributed by atoms with Crippen molar-refractivity contribution in [1.29, 1.82) is 0 Å². The van der Waals surface area contributed by atoms with Crippen LogP contribution in [0.3, 0.4) is 0 Å². The molecule has 68 valence electrons. The van der Waals surface area contributed by atoms with E-state index in [1.807, 2.05) is 12.1 Å². The van der Waals surface area contributed by atoms with Gasteiger partial charge in [0.25, 0.3) is 0 Å². The van der Waals surface area contributed by atoms with Crippen LogP contribution >= 0.6 is 0 Å². The Morgan fingerprint density at radius 2 is 2.08 bits per heavy atom. The summed E-state index contributed by atoms with van der Waals surface area (Å²) >= 11 is 0. The van der Waals surface area contributed by atoms with Gasteiger partial charge in [0, 0.05) is 6.42 Å². The summed E-state index contributed by atoms with van der Waals surface area (Å²) in [6.45, 7) is 2.06. The summed E-state index contributed by atoms with van der Waals surface area (Å²) in [5.74, 6) is 0.0499. The number of aryl methyl sites for hydroxylation is 2. The van der Waals surface area contributed by atoms with Gasteiger partial charge in [0.1, 0.15) is 0 Å². The van der Waals surface area contributed by atoms with E-state index >= 15 is 0 Å². The maximum Gasteiger partial charge on any atom is 0.238 e. The molecule has 0 aromatic heterocycles. The first kappa shape index (κ1) is 8.10. The highest BCUT2D eigenvalue weighted by molar-refractivity contribution is 5.79. The van der Waals surface area contributed by atoms with Gasteiger partial charge in [-0.25, -0.2) is 0 Å². The molecule has 13 heavy (non-hydrogen) atoms. The second-order valence-corrected chi connectivity index (χ2v) is 3.33. The highest BCUT2D eigenvalue weighted by Crippen LogP contribution is 2.19. The Kier molecular flexibility index (Phi) is 1.93. The zero-order chi connectivity index (χ0) is 9.26. The second-order valence-electron chi connectivity index (χ2n) is 3.33. The first-order valence-corrected chi connectivity index (χ1v) is 4.40. The number of rotatable bonds is 0. The molecular formula is C10H12N2O. The SMILES string of the molecule is Cc1ccc2c(c1)CCC(=O)NN2. The third-order valence-electron chi connectivity index (χ3n) is 2.22. The van der Waals surface area contributed by atoms with Crippen molar-refractivity contribution in [3.63, 3.8) is 0 Å². The van der Waals surface area contributed by atoms with Crippen LogP contribution in [-0.4, -0.2) is 5.91 Å². The first-order chi connectivity index (χ1) is 6.25. The predicted octanol–water partition coefficient (Wildman–Crippen LogP) is 1.38. The first-order valence-electron chi connectivity index (χ1n) is 4.40. The highest BCUT2D eigenvalue weighted by atomic mass is 16.2. The van der Waals surface area contributed by atoms with Crippen molar-refractivity contribution >= 4 is 11.6 Å². The van der Waals surface area contributed by atoms with Crippen LogP contribution in [0.5, 0.6) is 0 Å². The van der Waals surface area contributed by atoms with Crippen molar-refractivity contribution in [3.05, 3.63) is 29.3 Å². The Morgan fingerprint density at radius 3 is 2.92 bits per heavy atom. The van der Waals surface area contributed by atoms with E-state index in [4.69, 9.17) is 0 Å². The lowest BCUT2D eigenvalue weighted by Gasteiger charge is -2.07. The molecule has 0 unspecified atom stereocenters. The Balaban J connectivity index is 2.35. The van der Waals surface area contributed by atoms with Gasteiger partial charge in [-0.15, -0.1) is 0 Å². The minimum atomic E-state index is 0.0499. The average molecular weight is 176 g/mol. The van der Waals surface area contributed by atoms with Gasteiger partial charge < -0.3 is 0 Å². The molecule has 0 radical (unpaired) electrons. The third-order valence-corrected chi connectivity index (χ3v) is 2.22. The van der Waals surface area contributed by atoms with Crippen molar-refractivity contribution in [1.82, 2.24) is 5.43 Å². The van der Waals surface area contributed by atoms with Crippen molar-refractivity contribution in [2.75, 3.05) is 5.43 Å². The van der Waals surface area contributed by atoms with Gasteiger partial charge in [0.15, 0.2) is 0 Å². The number of hydrogen-bond donors (Lipinski definition) is 2. The molecule has 2 N–H and O–H groups in total. The molecule has 0 fully saturated rings. The van der Waals surface area contributed by atoms with Gasteiger partial charge in [-0.1, -0.05) is 17.7 Å². The van der Waals surface area contributed by atoms with Crippen LogP contribution in [0.1, 0.15) is 17.5 Å². The Labute approximate surface area is 77.1 Å². The van der Waals surface area contributed by atoms with Gasteiger partial charge in [-0.2, -0.15) is 0 Å². The summed E-state index contributed by atoms with van der Waals surface area (Å²) in [5.41, 5.74) is 8.98. The fourth-order valence-electron chi connectivity index (χ4n) is 1.50. The molecule has 1 heterocycles. The van der Waals surface area contributed by atoms with Crippen LogP contribution in [0.15, 0.2) is 18.2 Å². The van der Waals surface area contributed by atoms with Gasteiger partial charge in [0.05, 0.1) is 5.69 Å². The number of amides is 1. The Hall–Kier alpha value is -1.51. The van der Waals surface area contributed by atoms with Crippen molar-refractivity contribution < 1.29 is 4.79 Å². The van der Waals surface area contributed by atoms with E-state index in [1.54, 1.807) is 0 Å². The minimum Gasteiger partial charge on any atom is -0.298 e. The number of carbonyl (C=O) groups excluding carboxylic acids is 1. The molecule has 1 aliphatic rings. The van der Waals surface area contributed by atoms with Gasteiger partial charge in [-0.05, 0) is 25.0 Å². The third kappa shape index (κ3) is 1.64. The molecule has 1 aromatic carbocycles. The van der Waals surface area contributed by atoms with Gasteiger partial charge in [0.2, 0.25) is 5.91 Å². The van der Waals surface area contributed by atoms with E-state index in [2.05, 4.69) is 23.8 Å². The summed E-state index contributed by atoms with van der Waals surface area (Å²) in [6.07, 6.45) is 1.37. The lowest BCUT2D eigenvalue weighted by Crippen LogP contribution is -2.27. The number of benzene rings is 1. The molecule has 0 atom stereocenters. The van der Waals surface area contributed by atoms with E-state index in [0.29, 0.717) is 6.42 Å². The van der Waals surface area contributed by atoms with E-state index < -0.39 is 0 Å². The summed E-state index contributed by atoms with van der Waals surface area (Å²) in [6, 6.07) is 6.14. The summed E-state index contributed by atoms with van der Waals surface area (Å²) in [7, 11) is 0. The van der Waals surface area contributed by atoms with Gasteiger partial charge >= 0.3 is 0 Å². The smallest absolute Gasteiger partial charge is 0.238 e. The second kappa shape index (κ2) is 3.09. The van der Waals surface area contributed by atoms with Crippen molar-refractivity contribution in [2.24, 2.45) is 0 Å². The zero-order valence-corrected chi connectivity index (χ0v) is 7.55. The number of carbonyl (C=O) groups is 1. The molecule has 0 bridgehead atoms. The molecule has 0 saturated heterocycles. The Bertz CT molecular complexity index is 347. The normalized spacial score (nSPS) is 15.3. The van der Waals surface area contributed by atoms with E-state index in [0.717, 1.165) is 12.1 Å². The van der Waals surface area contributed by atoms with Crippen molar-refractivity contribution in [3.8, 4) is 0 Å². The number of fused-ring (bicyclic) bond motifs is 1. The summed E-state index contributed by atoms with van der Waals surface area (Å²) in [4.78, 5) is 11.1. The molecule has 3 heteroatoms. The monoisotopic (exact) mass is 176 g/mol. The standard InChI is InChI=1S/C10H12N2O/c1-7-2-4-9-8(6-7)3-5-10(13)12-11-9/h2,4,6,11H,3,5H2,1H3,(H,12,13). The lowest BCUT2D eigenvalue weighted by molar-refractivity contribution is -0.120. The van der Waals surface area contributed by atoms with Crippen LogP contribution < -0.4 is 10.9 Å². The Morgan fingerprint density at radius 1 is 1.23 bits per heavy atom. The highest BCUT2D eigenvalue weighted by Gasteiger charge is 2.10. The van der Waals surface area contributed by atoms with Crippen LogP contribution in [0.4, 0.5) is 5.69 Å². The number of nitrogens with one attached hydrogen (secondary N) is 2. The van der Waals surface area contributed by atoms with Gasteiger partial charge in [-0.3, -0.25) is 15.6 Å². The zero-order valence-electron chi connectivity index (χ0n) is 7.55. The summed E-state index contributed by atoms with van der Waals surface area (Å²) in [5, 5.41) is 0. The summed E-state index contributed by atoms with van der Waals surface area (Å²) < 4.78 is 0. The predicted molar refractivity (Wildman–Crippen MR) is 51.3 cm³/mol. The van der Waals surface area contributed by atoms with Crippen LogP contribution in [-0.2, 0) is 11.2 Å².